The first-order valence-corrected chi connectivity index (χ1v) is 12.1. The lowest BCUT2D eigenvalue weighted by Gasteiger charge is -2.11. The van der Waals surface area contributed by atoms with Crippen LogP contribution in [0.25, 0.3) is 38.8 Å². The van der Waals surface area contributed by atoms with Gasteiger partial charge in [-0.1, -0.05) is 36.4 Å². The molecule has 0 unspecified atom stereocenters. The number of carbonyl (C=O) groups is 1. The molecule has 0 radical (unpaired) electrons. The van der Waals surface area contributed by atoms with E-state index in [0.29, 0.717) is 18.0 Å². The van der Waals surface area contributed by atoms with E-state index < -0.39 is 0 Å². The summed E-state index contributed by atoms with van der Waals surface area (Å²) in [7, 11) is 0. The molecule has 3 aromatic heterocycles. The molecule has 0 aliphatic carbocycles. The molecule has 3 N–H and O–H groups in total. The average molecular weight is 487 g/mol. The first kappa shape index (κ1) is 22.5. The summed E-state index contributed by atoms with van der Waals surface area (Å²) in [6.07, 6.45) is 3.70. The van der Waals surface area contributed by atoms with E-state index in [1.165, 1.54) is 6.92 Å². The predicted octanol–water partition coefficient (Wildman–Crippen LogP) is 5.77. The molecule has 0 bridgehead atoms. The van der Waals surface area contributed by atoms with Crippen LogP contribution in [0.3, 0.4) is 0 Å². The van der Waals surface area contributed by atoms with Gasteiger partial charge in [-0.05, 0) is 66.1 Å². The quantitative estimate of drug-likeness (QED) is 0.289. The number of rotatable bonds is 5. The second-order valence-electron chi connectivity index (χ2n) is 9.23. The number of nitrogens with zero attached hydrogens (tertiary/aromatic N) is 3. The van der Waals surface area contributed by atoms with Crippen molar-refractivity contribution in [2.45, 2.75) is 20.4 Å². The number of hydrogen-bond donors (Lipinski definition) is 3. The van der Waals surface area contributed by atoms with Crippen molar-refractivity contribution in [1.29, 1.82) is 5.41 Å². The molecule has 0 aliphatic rings. The molecule has 0 saturated carbocycles. The molecule has 0 fully saturated rings. The van der Waals surface area contributed by atoms with Crippen LogP contribution in [0.1, 0.15) is 18.1 Å². The zero-order chi connectivity index (χ0) is 25.5. The number of imidazole rings is 1. The Kier molecular flexibility index (Phi) is 5.45. The number of benzene rings is 3. The fraction of sp³-hybridized carbons (Fsp3) is 0.100. The van der Waals surface area contributed by atoms with Crippen molar-refractivity contribution in [3.8, 4) is 16.8 Å². The standard InChI is InChI=1S/C30H26N6O/c1-19-16-25(29(33-17-19)34-20(2)37)21-10-12-23(13-11-21)36-28-9-4-3-8-27(28)35(30(36)31)18-22-6-5-7-26-24(22)14-15-32-26/h3-17,31-32H,18H2,1-2H3,(H,33,34,37). The number of amides is 1. The van der Waals surface area contributed by atoms with Crippen LogP contribution in [-0.4, -0.2) is 25.0 Å². The number of carbonyl (C=O) groups excluding carboxylic acids is 1. The number of H-pyrrole nitrogens is 1. The Morgan fingerprint density at radius 3 is 2.57 bits per heavy atom. The highest BCUT2D eigenvalue weighted by Crippen LogP contribution is 2.29. The number of para-hydroxylation sites is 2. The van der Waals surface area contributed by atoms with Crippen LogP contribution in [-0.2, 0) is 11.3 Å². The fourth-order valence-corrected chi connectivity index (χ4v) is 4.96. The van der Waals surface area contributed by atoms with Gasteiger partial charge in [-0.2, -0.15) is 0 Å². The highest BCUT2D eigenvalue weighted by Gasteiger charge is 2.15. The van der Waals surface area contributed by atoms with E-state index >= 15 is 0 Å². The number of aromatic amines is 1. The summed E-state index contributed by atoms with van der Waals surface area (Å²) in [6.45, 7) is 4.05. The molecule has 6 aromatic rings. The first-order chi connectivity index (χ1) is 18.0. The minimum Gasteiger partial charge on any atom is -0.361 e. The van der Waals surface area contributed by atoms with Gasteiger partial charge in [0.2, 0.25) is 11.5 Å². The van der Waals surface area contributed by atoms with Gasteiger partial charge in [0.05, 0.1) is 17.6 Å². The maximum absolute atomic E-state index is 11.7. The molecular weight excluding hydrogens is 460 g/mol. The fourth-order valence-electron chi connectivity index (χ4n) is 4.96. The molecule has 37 heavy (non-hydrogen) atoms. The molecule has 7 heteroatoms. The summed E-state index contributed by atoms with van der Waals surface area (Å²) < 4.78 is 4.02. The molecule has 3 heterocycles. The minimum atomic E-state index is -0.160. The Morgan fingerprint density at radius 1 is 1.00 bits per heavy atom. The van der Waals surface area contributed by atoms with E-state index in [-0.39, 0.29) is 5.91 Å². The minimum absolute atomic E-state index is 0.160. The van der Waals surface area contributed by atoms with Gasteiger partial charge in [0.15, 0.2) is 0 Å². The van der Waals surface area contributed by atoms with Crippen LogP contribution in [0.15, 0.2) is 91.3 Å². The molecule has 3 aromatic carbocycles. The summed E-state index contributed by atoms with van der Waals surface area (Å²) in [6, 6.07) is 26.5. The molecule has 0 spiro atoms. The van der Waals surface area contributed by atoms with Gasteiger partial charge >= 0.3 is 0 Å². The molecular formula is C30H26N6O. The van der Waals surface area contributed by atoms with E-state index in [0.717, 1.165) is 49.9 Å². The largest absolute Gasteiger partial charge is 0.361 e. The lowest BCUT2D eigenvalue weighted by Crippen LogP contribution is -2.24. The zero-order valence-electron chi connectivity index (χ0n) is 20.6. The maximum Gasteiger partial charge on any atom is 0.222 e. The van der Waals surface area contributed by atoms with E-state index in [1.54, 1.807) is 6.20 Å². The average Bonchev–Trinajstić information content (AvgIpc) is 3.49. The normalized spacial score (nSPS) is 11.3. The number of pyridine rings is 1. The third-order valence-electron chi connectivity index (χ3n) is 6.65. The Morgan fingerprint density at radius 2 is 1.78 bits per heavy atom. The smallest absolute Gasteiger partial charge is 0.222 e. The van der Waals surface area contributed by atoms with Crippen molar-refractivity contribution in [3.63, 3.8) is 0 Å². The second-order valence-corrected chi connectivity index (χ2v) is 9.23. The predicted molar refractivity (Wildman–Crippen MR) is 147 cm³/mol. The number of aromatic nitrogens is 4. The summed E-state index contributed by atoms with van der Waals surface area (Å²) in [4.78, 5) is 19.4. The summed E-state index contributed by atoms with van der Waals surface area (Å²) in [5.74, 6) is 0.377. The van der Waals surface area contributed by atoms with Crippen LogP contribution in [0.5, 0.6) is 0 Å². The second kappa shape index (κ2) is 8.95. The van der Waals surface area contributed by atoms with E-state index in [2.05, 4.69) is 39.6 Å². The van der Waals surface area contributed by atoms with Crippen molar-refractivity contribution in [1.82, 2.24) is 19.1 Å². The molecule has 7 nitrogen and oxygen atoms in total. The van der Waals surface area contributed by atoms with Gasteiger partial charge in [0, 0.05) is 41.5 Å². The van der Waals surface area contributed by atoms with Crippen molar-refractivity contribution < 1.29 is 4.79 Å². The third-order valence-corrected chi connectivity index (χ3v) is 6.65. The van der Waals surface area contributed by atoms with Gasteiger partial charge < -0.3 is 14.9 Å². The van der Waals surface area contributed by atoms with Gasteiger partial charge in [-0.25, -0.2) is 4.98 Å². The van der Waals surface area contributed by atoms with Crippen LogP contribution in [0, 0.1) is 12.3 Å². The topological polar surface area (TPSA) is 91.5 Å². The molecule has 0 aliphatic heterocycles. The van der Waals surface area contributed by atoms with Gasteiger partial charge in [-0.3, -0.25) is 14.8 Å². The Hall–Kier alpha value is -4.91. The number of fused-ring (bicyclic) bond motifs is 2. The number of nitrogens with one attached hydrogen (secondary N) is 3. The van der Waals surface area contributed by atoms with E-state index in [9.17, 15) is 4.79 Å². The summed E-state index contributed by atoms with van der Waals surface area (Å²) >= 11 is 0. The van der Waals surface area contributed by atoms with Crippen LogP contribution < -0.4 is 10.9 Å². The van der Waals surface area contributed by atoms with Crippen LogP contribution in [0.4, 0.5) is 5.82 Å². The summed E-state index contributed by atoms with van der Waals surface area (Å²) in [5.41, 5.74) is 8.33. The number of hydrogen-bond acceptors (Lipinski definition) is 3. The van der Waals surface area contributed by atoms with E-state index in [4.69, 9.17) is 5.41 Å². The molecule has 1 amide bonds. The van der Waals surface area contributed by atoms with Crippen molar-refractivity contribution in [3.05, 3.63) is 108 Å². The SMILES string of the molecule is CC(=O)Nc1ncc(C)cc1-c1ccc(-n2c(=N)n(Cc3cccc4[nH]ccc34)c3ccccc32)cc1. The Balaban J connectivity index is 1.44. The molecule has 182 valence electrons. The molecule has 0 saturated heterocycles. The van der Waals surface area contributed by atoms with Crippen LogP contribution in [0.2, 0.25) is 0 Å². The van der Waals surface area contributed by atoms with E-state index in [1.807, 2.05) is 76.9 Å². The Bertz CT molecular complexity index is 1840. The molecule has 6 rings (SSSR count). The van der Waals surface area contributed by atoms with Crippen LogP contribution >= 0.6 is 0 Å². The number of anilines is 1. The first-order valence-electron chi connectivity index (χ1n) is 12.1. The molecule has 0 atom stereocenters. The monoisotopic (exact) mass is 486 g/mol. The zero-order valence-corrected chi connectivity index (χ0v) is 20.6. The number of aryl methyl sites for hydroxylation is 1. The van der Waals surface area contributed by atoms with Crippen molar-refractivity contribution in [2.24, 2.45) is 0 Å². The highest BCUT2D eigenvalue weighted by atomic mass is 16.1. The highest BCUT2D eigenvalue weighted by molar-refractivity contribution is 5.92. The van der Waals surface area contributed by atoms with Gasteiger partial charge in [-0.15, -0.1) is 0 Å². The lowest BCUT2D eigenvalue weighted by atomic mass is 10.0. The lowest BCUT2D eigenvalue weighted by molar-refractivity contribution is -0.114. The van der Waals surface area contributed by atoms with Gasteiger partial charge in [0.1, 0.15) is 5.82 Å². The van der Waals surface area contributed by atoms with Crippen molar-refractivity contribution in [2.75, 3.05) is 5.32 Å². The maximum atomic E-state index is 11.7. The Labute approximate surface area is 213 Å². The van der Waals surface area contributed by atoms with Crippen molar-refractivity contribution >= 4 is 33.7 Å². The van der Waals surface area contributed by atoms with Gasteiger partial charge in [0.25, 0.3) is 0 Å². The summed E-state index contributed by atoms with van der Waals surface area (Å²) in [5, 5.41) is 13.1. The third kappa shape index (κ3) is 4.00.